The Balaban J connectivity index is 2.08. The van der Waals surface area contributed by atoms with E-state index in [4.69, 9.17) is 11.2 Å². The summed E-state index contributed by atoms with van der Waals surface area (Å²) in [7, 11) is 0. The van der Waals surface area contributed by atoms with Gasteiger partial charge >= 0.3 is 6.36 Å². The molecule has 1 aliphatic carbocycles. The molecule has 1 aromatic rings. The minimum atomic E-state index is -4.77. The van der Waals surface area contributed by atoms with E-state index < -0.39 is 6.36 Å². The summed E-state index contributed by atoms with van der Waals surface area (Å²) in [6.07, 6.45) is 6.05. The number of alkyl halides is 3. The van der Waals surface area contributed by atoms with Crippen LogP contribution in [0.2, 0.25) is 0 Å². The Hall–Kier alpha value is -1.83. The van der Waals surface area contributed by atoms with Crippen molar-refractivity contribution in [1.82, 2.24) is 0 Å². The molecule has 0 unspecified atom stereocenters. The van der Waals surface area contributed by atoms with Crippen LogP contribution in [0.25, 0.3) is 0 Å². The quantitative estimate of drug-likeness (QED) is 0.761. The lowest BCUT2D eigenvalue weighted by Gasteiger charge is -2.22. The Bertz CT molecular complexity index is 511. The van der Waals surface area contributed by atoms with E-state index in [1.54, 1.807) is 6.07 Å². The van der Waals surface area contributed by atoms with Crippen molar-refractivity contribution < 1.29 is 22.6 Å². The lowest BCUT2D eigenvalue weighted by molar-refractivity contribution is -0.275. The van der Waals surface area contributed by atoms with E-state index in [1.165, 1.54) is 18.6 Å². The summed E-state index contributed by atoms with van der Waals surface area (Å²) in [5.41, 5.74) is 0.319. The van der Waals surface area contributed by atoms with Crippen LogP contribution in [-0.2, 0) is 0 Å². The Morgan fingerprint density at radius 3 is 2.48 bits per heavy atom. The van der Waals surface area contributed by atoms with E-state index in [0.29, 0.717) is 18.1 Å². The summed E-state index contributed by atoms with van der Waals surface area (Å²) in [6.45, 7) is 0.406. The van der Waals surface area contributed by atoms with E-state index >= 15 is 0 Å². The molecule has 0 spiro atoms. The summed E-state index contributed by atoms with van der Waals surface area (Å²) in [5, 5.41) is 0. The van der Waals surface area contributed by atoms with Crippen LogP contribution in [0.4, 0.5) is 13.2 Å². The maximum absolute atomic E-state index is 12.4. The molecule has 1 fully saturated rings. The average molecular weight is 298 g/mol. The van der Waals surface area contributed by atoms with Gasteiger partial charge in [0.1, 0.15) is 0 Å². The summed E-state index contributed by atoms with van der Waals surface area (Å²) in [4.78, 5) is 0. The van der Waals surface area contributed by atoms with Gasteiger partial charge in [0, 0.05) is 11.6 Å². The van der Waals surface area contributed by atoms with Gasteiger partial charge in [-0.2, -0.15) is 0 Å². The van der Waals surface area contributed by atoms with Gasteiger partial charge in [-0.05, 0) is 30.9 Å². The Kier molecular flexibility index (Phi) is 5.00. The van der Waals surface area contributed by atoms with Crippen LogP contribution >= 0.6 is 0 Å². The third kappa shape index (κ3) is 4.89. The first kappa shape index (κ1) is 15.6. The van der Waals surface area contributed by atoms with Crippen molar-refractivity contribution in [1.29, 1.82) is 0 Å². The maximum Gasteiger partial charge on any atom is 0.573 e. The second kappa shape index (κ2) is 6.75. The molecule has 1 aliphatic rings. The summed E-state index contributed by atoms with van der Waals surface area (Å²) in [5.74, 6) is 2.38. The van der Waals surface area contributed by atoms with Gasteiger partial charge in [-0.25, -0.2) is 0 Å². The Morgan fingerprint density at radius 1 is 1.14 bits per heavy atom. The molecule has 0 saturated heterocycles. The van der Waals surface area contributed by atoms with E-state index in [-0.39, 0.29) is 11.5 Å². The minimum absolute atomic E-state index is 0.0805. The van der Waals surface area contributed by atoms with Gasteiger partial charge in [-0.15, -0.1) is 19.6 Å². The monoisotopic (exact) mass is 298 g/mol. The lowest BCUT2D eigenvalue weighted by Crippen LogP contribution is -2.19. The minimum Gasteiger partial charge on any atom is -0.489 e. The van der Waals surface area contributed by atoms with Crippen molar-refractivity contribution in [2.45, 2.75) is 38.5 Å². The molecule has 114 valence electrons. The van der Waals surface area contributed by atoms with Crippen molar-refractivity contribution in [2.75, 3.05) is 6.61 Å². The zero-order valence-corrected chi connectivity index (χ0v) is 11.6. The SMILES string of the molecule is C#Cc1ccc(OCC2CCCCC2)c(OC(F)(F)F)c1. The van der Waals surface area contributed by atoms with Crippen molar-refractivity contribution in [3.8, 4) is 23.8 Å². The number of halogens is 3. The number of hydrogen-bond donors (Lipinski definition) is 0. The van der Waals surface area contributed by atoms with Crippen LogP contribution in [0.3, 0.4) is 0 Å². The van der Waals surface area contributed by atoms with Crippen molar-refractivity contribution >= 4 is 0 Å². The molecule has 0 atom stereocenters. The zero-order valence-electron chi connectivity index (χ0n) is 11.6. The lowest BCUT2D eigenvalue weighted by atomic mass is 9.90. The van der Waals surface area contributed by atoms with Gasteiger partial charge in [0.2, 0.25) is 0 Å². The van der Waals surface area contributed by atoms with Gasteiger partial charge in [0.15, 0.2) is 11.5 Å². The normalized spacial score (nSPS) is 16.3. The molecule has 0 heterocycles. The number of ether oxygens (including phenoxy) is 2. The van der Waals surface area contributed by atoms with Crippen LogP contribution in [0.5, 0.6) is 11.5 Å². The highest BCUT2D eigenvalue weighted by atomic mass is 19.4. The molecule has 0 amide bonds. The maximum atomic E-state index is 12.4. The zero-order chi connectivity index (χ0) is 15.3. The average Bonchev–Trinajstić information content (AvgIpc) is 2.45. The second-order valence-corrected chi connectivity index (χ2v) is 5.17. The van der Waals surface area contributed by atoms with E-state index in [1.807, 2.05) is 0 Å². The van der Waals surface area contributed by atoms with Gasteiger partial charge in [0.25, 0.3) is 0 Å². The third-order valence-corrected chi connectivity index (χ3v) is 3.54. The van der Waals surface area contributed by atoms with E-state index in [9.17, 15) is 13.2 Å². The molecule has 21 heavy (non-hydrogen) atoms. The predicted molar refractivity (Wildman–Crippen MR) is 73.1 cm³/mol. The molecule has 0 aromatic heterocycles. The number of benzene rings is 1. The molecule has 2 rings (SSSR count). The number of rotatable bonds is 4. The number of hydrogen-bond acceptors (Lipinski definition) is 2. The molecule has 0 bridgehead atoms. The smallest absolute Gasteiger partial charge is 0.489 e. The number of terminal acetylenes is 1. The van der Waals surface area contributed by atoms with Gasteiger partial charge in [-0.3, -0.25) is 0 Å². The molecule has 0 aliphatic heterocycles. The first-order valence-corrected chi connectivity index (χ1v) is 6.97. The molecule has 1 saturated carbocycles. The molecular weight excluding hydrogens is 281 g/mol. The van der Waals surface area contributed by atoms with Crippen LogP contribution in [0, 0.1) is 18.3 Å². The van der Waals surface area contributed by atoms with Gasteiger partial charge < -0.3 is 9.47 Å². The first-order chi connectivity index (χ1) is 9.98. The van der Waals surface area contributed by atoms with Gasteiger partial charge in [0.05, 0.1) is 6.61 Å². The highest BCUT2D eigenvalue weighted by Crippen LogP contribution is 2.34. The fourth-order valence-electron chi connectivity index (χ4n) is 2.48. The predicted octanol–water partition coefficient (Wildman–Crippen LogP) is 4.53. The Labute approximate surface area is 122 Å². The Morgan fingerprint density at radius 2 is 1.86 bits per heavy atom. The van der Waals surface area contributed by atoms with Crippen LogP contribution in [-0.4, -0.2) is 13.0 Å². The third-order valence-electron chi connectivity index (χ3n) is 3.54. The molecular formula is C16H17F3O2. The largest absolute Gasteiger partial charge is 0.573 e. The molecule has 2 nitrogen and oxygen atoms in total. The van der Waals surface area contributed by atoms with E-state index in [2.05, 4.69) is 10.7 Å². The van der Waals surface area contributed by atoms with Crippen LogP contribution in [0.1, 0.15) is 37.7 Å². The van der Waals surface area contributed by atoms with Crippen LogP contribution < -0.4 is 9.47 Å². The fraction of sp³-hybridized carbons (Fsp3) is 0.500. The molecule has 0 N–H and O–H groups in total. The fourth-order valence-corrected chi connectivity index (χ4v) is 2.48. The summed E-state index contributed by atoms with van der Waals surface area (Å²) >= 11 is 0. The highest BCUT2D eigenvalue weighted by Gasteiger charge is 2.32. The van der Waals surface area contributed by atoms with Crippen molar-refractivity contribution in [3.63, 3.8) is 0 Å². The van der Waals surface area contributed by atoms with E-state index in [0.717, 1.165) is 25.7 Å². The van der Waals surface area contributed by atoms with Crippen molar-refractivity contribution in [3.05, 3.63) is 23.8 Å². The van der Waals surface area contributed by atoms with Crippen LogP contribution in [0.15, 0.2) is 18.2 Å². The molecule has 0 radical (unpaired) electrons. The second-order valence-electron chi connectivity index (χ2n) is 5.17. The first-order valence-electron chi connectivity index (χ1n) is 6.97. The summed E-state index contributed by atoms with van der Waals surface area (Å²) in [6, 6.07) is 4.14. The van der Waals surface area contributed by atoms with Crippen molar-refractivity contribution in [2.24, 2.45) is 5.92 Å². The van der Waals surface area contributed by atoms with Gasteiger partial charge in [-0.1, -0.05) is 25.2 Å². The molecule has 5 heteroatoms. The standard InChI is InChI=1S/C16H17F3O2/c1-2-12-8-9-14(15(10-12)21-16(17,18)19)20-11-13-6-4-3-5-7-13/h1,8-10,13H,3-7,11H2. The highest BCUT2D eigenvalue weighted by molar-refractivity contribution is 5.47. The topological polar surface area (TPSA) is 18.5 Å². The summed E-state index contributed by atoms with van der Waals surface area (Å²) < 4.78 is 46.8. The molecule has 1 aromatic carbocycles.